The first kappa shape index (κ1) is 27.4. The van der Waals surface area contributed by atoms with Gasteiger partial charge in [0.25, 0.3) is 26.0 Å². The van der Waals surface area contributed by atoms with Gasteiger partial charge in [-0.15, -0.1) is 0 Å². The molecule has 0 radical (unpaired) electrons. The van der Waals surface area contributed by atoms with Gasteiger partial charge in [0.2, 0.25) is 0 Å². The number of amides is 1. The Morgan fingerprint density at radius 2 is 1.34 bits per heavy atom. The van der Waals surface area contributed by atoms with E-state index >= 15 is 0 Å². The van der Waals surface area contributed by atoms with E-state index < -0.39 is 31.8 Å². The molecule has 3 N–H and O–H groups in total. The minimum Gasteiger partial charge on any atom is -0.322 e. The lowest BCUT2D eigenvalue weighted by Crippen LogP contribution is -2.19. The highest BCUT2D eigenvalue weighted by molar-refractivity contribution is 7.93. The standard InChI is InChI=1S/C25H18Cl2FN3O5S2/c26-16-5-9-18(10-6-16)30-38(35,36)24-14-11-19(15-22(24)27)29-25(32)21-3-1-2-4-23(21)31-37(33,34)20-12-7-17(28)8-13-20/h1-15,30-31H,(H,29,32). The van der Waals surface area contributed by atoms with Crippen molar-refractivity contribution in [2.24, 2.45) is 0 Å². The van der Waals surface area contributed by atoms with E-state index in [1.165, 1.54) is 66.7 Å². The van der Waals surface area contributed by atoms with Crippen molar-refractivity contribution in [2.45, 2.75) is 9.79 Å². The Balaban J connectivity index is 1.53. The molecule has 0 bridgehead atoms. The summed E-state index contributed by atoms with van der Waals surface area (Å²) in [5.41, 5.74) is 0.409. The molecule has 13 heteroatoms. The van der Waals surface area contributed by atoms with Crippen LogP contribution in [-0.2, 0) is 20.0 Å². The number of benzene rings is 4. The molecular formula is C25H18Cl2FN3O5S2. The largest absolute Gasteiger partial charge is 0.322 e. The van der Waals surface area contributed by atoms with E-state index in [9.17, 15) is 26.0 Å². The smallest absolute Gasteiger partial charge is 0.263 e. The van der Waals surface area contributed by atoms with Crippen LogP contribution in [0.3, 0.4) is 0 Å². The van der Waals surface area contributed by atoms with E-state index in [2.05, 4.69) is 14.8 Å². The predicted octanol–water partition coefficient (Wildman–Crippen LogP) is 5.99. The van der Waals surface area contributed by atoms with Crippen LogP contribution in [0.25, 0.3) is 0 Å². The molecule has 0 aliphatic rings. The molecule has 0 saturated heterocycles. The summed E-state index contributed by atoms with van der Waals surface area (Å²) in [5, 5.41) is 2.85. The van der Waals surface area contributed by atoms with Gasteiger partial charge in [-0.25, -0.2) is 21.2 Å². The normalized spacial score (nSPS) is 11.6. The molecule has 0 aliphatic heterocycles. The summed E-state index contributed by atoms with van der Waals surface area (Å²) in [6.45, 7) is 0. The number of rotatable bonds is 8. The second kappa shape index (κ2) is 11.0. The van der Waals surface area contributed by atoms with Crippen LogP contribution in [0.5, 0.6) is 0 Å². The highest BCUT2D eigenvalue weighted by Crippen LogP contribution is 2.28. The number of halogens is 3. The third-order valence-electron chi connectivity index (χ3n) is 5.12. The molecule has 4 aromatic carbocycles. The molecule has 0 fully saturated rings. The first-order valence-corrected chi connectivity index (χ1v) is 14.4. The topological polar surface area (TPSA) is 121 Å². The van der Waals surface area contributed by atoms with Gasteiger partial charge in [0.1, 0.15) is 10.7 Å². The van der Waals surface area contributed by atoms with Gasteiger partial charge in [-0.1, -0.05) is 35.3 Å². The lowest BCUT2D eigenvalue weighted by atomic mass is 10.1. The summed E-state index contributed by atoms with van der Waals surface area (Å²) in [7, 11) is -8.16. The van der Waals surface area contributed by atoms with Crippen molar-refractivity contribution < 1.29 is 26.0 Å². The molecule has 196 valence electrons. The summed E-state index contributed by atoms with van der Waals surface area (Å²) in [6.07, 6.45) is 0. The van der Waals surface area contributed by atoms with E-state index in [0.29, 0.717) is 5.02 Å². The van der Waals surface area contributed by atoms with Crippen LogP contribution in [0.15, 0.2) is 101 Å². The molecule has 0 atom stereocenters. The van der Waals surface area contributed by atoms with Crippen molar-refractivity contribution in [3.05, 3.63) is 112 Å². The number of para-hydroxylation sites is 1. The number of nitrogens with one attached hydrogen (secondary N) is 3. The Morgan fingerprint density at radius 3 is 2.00 bits per heavy atom. The van der Waals surface area contributed by atoms with Gasteiger partial charge >= 0.3 is 0 Å². The maximum atomic E-state index is 13.2. The third kappa shape index (κ3) is 6.43. The zero-order chi connectivity index (χ0) is 27.5. The zero-order valence-electron chi connectivity index (χ0n) is 19.2. The van der Waals surface area contributed by atoms with E-state index in [4.69, 9.17) is 23.2 Å². The summed E-state index contributed by atoms with van der Waals surface area (Å²) in [6, 6.07) is 19.9. The van der Waals surface area contributed by atoms with Gasteiger partial charge in [0.05, 0.1) is 21.2 Å². The van der Waals surface area contributed by atoms with Crippen molar-refractivity contribution in [3.63, 3.8) is 0 Å². The SMILES string of the molecule is O=C(Nc1ccc(S(=O)(=O)Nc2ccc(Cl)cc2)c(Cl)c1)c1ccccc1NS(=O)(=O)c1ccc(F)cc1. The maximum Gasteiger partial charge on any atom is 0.263 e. The molecule has 0 aromatic heterocycles. The number of carbonyl (C=O) groups is 1. The zero-order valence-corrected chi connectivity index (χ0v) is 22.3. The van der Waals surface area contributed by atoms with Crippen LogP contribution in [0.2, 0.25) is 10.0 Å². The molecule has 0 aliphatic carbocycles. The fourth-order valence-corrected chi connectivity index (χ4v) is 6.12. The van der Waals surface area contributed by atoms with Crippen LogP contribution in [-0.4, -0.2) is 22.7 Å². The summed E-state index contributed by atoms with van der Waals surface area (Å²) < 4.78 is 68.9. The highest BCUT2D eigenvalue weighted by atomic mass is 35.5. The highest BCUT2D eigenvalue weighted by Gasteiger charge is 2.21. The first-order chi connectivity index (χ1) is 17.9. The van der Waals surface area contributed by atoms with Crippen LogP contribution in [0, 0.1) is 5.82 Å². The fraction of sp³-hybridized carbons (Fsp3) is 0. The average molecular weight is 594 g/mol. The number of sulfonamides is 2. The molecule has 8 nitrogen and oxygen atoms in total. The summed E-state index contributed by atoms with van der Waals surface area (Å²) >= 11 is 12.0. The van der Waals surface area contributed by atoms with Gasteiger partial charge in [-0.2, -0.15) is 0 Å². The predicted molar refractivity (Wildman–Crippen MR) is 145 cm³/mol. The van der Waals surface area contributed by atoms with Crippen LogP contribution < -0.4 is 14.8 Å². The van der Waals surface area contributed by atoms with E-state index in [1.54, 1.807) is 0 Å². The molecule has 1 amide bonds. The maximum absolute atomic E-state index is 13.2. The number of carbonyl (C=O) groups excluding carboxylic acids is 1. The Bertz CT molecular complexity index is 1720. The molecule has 0 spiro atoms. The van der Waals surface area contributed by atoms with E-state index in [1.807, 2.05) is 0 Å². The van der Waals surface area contributed by atoms with Crippen molar-refractivity contribution in [1.82, 2.24) is 0 Å². The lowest BCUT2D eigenvalue weighted by molar-refractivity contribution is 0.102. The van der Waals surface area contributed by atoms with Crippen molar-refractivity contribution >= 4 is 66.2 Å². The Hall–Kier alpha value is -3.64. The minimum absolute atomic E-state index is 0.0181. The summed E-state index contributed by atoms with van der Waals surface area (Å²) in [4.78, 5) is 12.6. The molecule has 38 heavy (non-hydrogen) atoms. The third-order valence-corrected chi connectivity index (χ3v) is 8.61. The van der Waals surface area contributed by atoms with Gasteiger partial charge in [-0.05, 0) is 78.9 Å². The fourth-order valence-electron chi connectivity index (χ4n) is 3.31. The van der Waals surface area contributed by atoms with Crippen molar-refractivity contribution in [3.8, 4) is 0 Å². The van der Waals surface area contributed by atoms with Crippen LogP contribution in [0.4, 0.5) is 21.5 Å². The second-order valence-electron chi connectivity index (χ2n) is 7.82. The number of anilines is 3. The van der Waals surface area contributed by atoms with Gasteiger partial charge in [0.15, 0.2) is 0 Å². The quantitative estimate of drug-likeness (QED) is 0.232. The average Bonchev–Trinajstić information content (AvgIpc) is 2.85. The van der Waals surface area contributed by atoms with Gasteiger partial charge in [0, 0.05) is 16.4 Å². The van der Waals surface area contributed by atoms with Crippen LogP contribution >= 0.6 is 23.2 Å². The Morgan fingerprint density at radius 1 is 0.711 bits per heavy atom. The van der Waals surface area contributed by atoms with Crippen molar-refractivity contribution in [1.29, 1.82) is 0 Å². The molecule has 0 saturated carbocycles. The van der Waals surface area contributed by atoms with Crippen molar-refractivity contribution in [2.75, 3.05) is 14.8 Å². The molecular weight excluding hydrogens is 576 g/mol. The number of hydrogen-bond donors (Lipinski definition) is 3. The van der Waals surface area contributed by atoms with Gasteiger partial charge in [-0.3, -0.25) is 14.2 Å². The molecule has 4 aromatic rings. The molecule has 4 rings (SSSR count). The van der Waals surface area contributed by atoms with Gasteiger partial charge < -0.3 is 5.32 Å². The summed E-state index contributed by atoms with van der Waals surface area (Å²) in [5.74, 6) is -1.28. The monoisotopic (exact) mass is 593 g/mol. The Kier molecular flexibility index (Phi) is 7.93. The van der Waals surface area contributed by atoms with Crippen LogP contribution in [0.1, 0.15) is 10.4 Å². The Labute approximate surface area is 228 Å². The number of hydrogen-bond acceptors (Lipinski definition) is 5. The molecule has 0 heterocycles. The van der Waals surface area contributed by atoms with E-state index in [-0.39, 0.29) is 37.4 Å². The minimum atomic E-state index is -4.11. The molecule has 0 unspecified atom stereocenters. The first-order valence-electron chi connectivity index (χ1n) is 10.7. The lowest BCUT2D eigenvalue weighted by Gasteiger charge is -2.14. The second-order valence-corrected chi connectivity index (χ2v) is 12.0. The van der Waals surface area contributed by atoms with E-state index in [0.717, 1.165) is 24.3 Å².